The van der Waals surface area contributed by atoms with Crippen molar-refractivity contribution < 1.29 is 9.32 Å². The van der Waals surface area contributed by atoms with Crippen LogP contribution in [0.4, 0.5) is 0 Å². The van der Waals surface area contributed by atoms with Crippen LogP contribution in [0, 0.1) is 6.92 Å². The number of pyridine rings is 2. The highest BCUT2D eigenvalue weighted by molar-refractivity contribution is 5.92. The molecule has 24 heavy (non-hydrogen) atoms. The largest absolute Gasteiger partial charge is 0.361 e. The molecule has 3 aromatic heterocycles. The lowest BCUT2D eigenvalue weighted by Crippen LogP contribution is -2.38. The molecule has 0 spiro atoms. The van der Waals surface area contributed by atoms with Gasteiger partial charge in [0.1, 0.15) is 5.76 Å². The number of piperidine rings is 1. The van der Waals surface area contributed by atoms with E-state index in [1.54, 1.807) is 19.2 Å². The molecule has 4 heterocycles. The third kappa shape index (κ3) is 2.75. The summed E-state index contributed by atoms with van der Waals surface area (Å²) in [4.78, 5) is 23.3. The second-order valence-corrected chi connectivity index (χ2v) is 6.18. The van der Waals surface area contributed by atoms with E-state index in [1.165, 1.54) is 0 Å². The lowest BCUT2D eigenvalue weighted by atomic mass is 9.92. The first-order chi connectivity index (χ1) is 11.7. The van der Waals surface area contributed by atoms with Crippen LogP contribution in [0.2, 0.25) is 0 Å². The summed E-state index contributed by atoms with van der Waals surface area (Å²) in [6, 6.07) is 9.76. The van der Waals surface area contributed by atoms with Gasteiger partial charge in [0.15, 0.2) is 11.3 Å². The van der Waals surface area contributed by atoms with Crippen LogP contribution in [0.5, 0.6) is 0 Å². The smallest absolute Gasteiger partial charge is 0.276 e. The SMILES string of the molecule is Cc1cc(C(=O)N2CCC(c3ccc4cccnc4n3)CC2)no1. The molecule has 3 aromatic rings. The van der Waals surface area contributed by atoms with Crippen LogP contribution in [0.3, 0.4) is 0 Å². The number of amides is 1. The first-order valence-electron chi connectivity index (χ1n) is 8.15. The normalized spacial score (nSPS) is 15.8. The molecule has 0 radical (unpaired) electrons. The van der Waals surface area contributed by atoms with Gasteiger partial charge in [-0.2, -0.15) is 0 Å². The predicted molar refractivity (Wildman–Crippen MR) is 88.7 cm³/mol. The van der Waals surface area contributed by atoms with Crippen LogP contribution >= 0.6 is 0 Å². The summed E-state index contributed by atoms with van der Waals surface area (Å²) in [6.45, 7) is 3.20. The minimum Gasteiger partial charge on any atom is -0.361 e. The number of likely N-dealkylation sites (tertiary alicyclic amines) is 1. The van der Waals surface area contributed by atoms with Crippen molar-refractivity contribution in [3.8, 4) is 0 Å². The molecule has 122 valence electrons. The number of nitrogens with zero attached hydrogens (tertiary/aromatic N) is 4. The summed E-state index contributed by atoms with van der Waals surface area (Å²) in [5.74, 6) is 0.957. The van der Waals surface area contributed by atoms with E-state index in [0.29, 0.717) is 30.5 Å². The van der Waals surface area contributed by atoms with Crippen LogP contribution in [0.1, 0.15) is 40.7 Å². The fraction of sp³-hybridized carbons (Fsp3) is 0.333. The number of hydrogen-bond acceptors (Lipinski definition) is 5. The molecule has 0 bridgehead atoms. The molecule has 0 aliphatic carbocycles. The predicted octanol–water partition coefficient (Wildman–Crippen LogP) is 2.95. The molecule has 4 rings (SSSR count). The topological polar surface area (TPSA) is 72.1 Å². The maximum Gasteiger partial charge on any atom is 0.276 e. The summed E-state index contributed by atoms with van der Waals surface area (Å²) in [5.41, 5.74) is 2.23. The fourth-order valence-corrected chi connectivity index (χ4v) is 3.20. The monoisotopic (exact) mass is 322 g/mol. The standard InChI is InChI=1S/C18H18N4O2/c1-12-11-16(21-24-12)18(23)22-9-6-13(7-10-22)15-5-4-14-3-2-8-19-17(14)20-15/h2-5,8,11,13H,6-7,9-10H2,1H3. The maximum absolute atomic E-state index is 12.4. The van der Waals surface area contributed by atoms with Gasteiger partial charge in [0.05, 0.1) is 0 Å². The summed E-state index contributed by atoms with van der Waals surface area (Å²) in [5, 5.41) is 4.87. The molecule has 1 fully saturated rings. The van der Waals surface area contributed by atoms with E-state index in [0.717, 1.165) is 29.6 Å². The van der Waals surface area contributed by atoms with Crippen LogP contribution in [0.25, 0.3) is 11.0 Å². The van der Waals surface area contributed by atoms with Crippen LogP contribution < -0.4 is 0 Å². The lowest BCUT2D eigenvalue weighted by Gasteiger charge is -2.31. The number of aryl methyl sites for hydroxylation is 1. The molecule has 0 saturated carbocycles. The maximum atomic E-state index is 12.4. The minimum atomic E-state index is -0.0570. The number of hydrogen-bond donors (Lipinski definition) is 0. The number of carbonyl (C=O) groups is 1. The zero-order valence-corrected chi connectivity index (χ0v) is 13.5. The molecular weight excluding hydrogens is 304 g/mol. The summed E-state index contributed by atoms with van der Waals surface area (Å²) in [6.07, 6.45) is 3.56. The van der Waals surface area contributed by atoms with Gasteiger partial charge >= 0.3 is 0 Å². The molecule has 0 aromatic carbocycles. The van der Waals surface area contributed by atoms with E-state index < -0.39 is 0 Å². The van der Waals surface area contributed by atoms with Crippen molar-refractivity contribution in [1.29, 1.82) is 0 Å². The number of carbonyl (C=O) groups excluding carboxylic acids is 1. The Hall–Kier alpha value is -2.76. The van der Waals surface area contributed by atoms with E-state index in [1.807, 2.05) is 17.0 Å². The number of fused-ring (bicyclic) bond motifs is 1. The van der Waals surface area contributed by atoms with Gasteiger partial charge in [-0.05, 0) is 44.0 Å². The molecule has 1 aliphatic heterocycles. The van der Waals surface area contributed by atoms with Crippen LogP contribution in [0.15, 0.2) is 41.1 Å². The highest BCUT2D eigenvalue weighted by Gasteiger charge is 2.26. The Morgan fingerprint density at radius 1 is 1.25 bits per heavy atom. The number of rotatable bonds is 2. The van der Waals surface area contributed by atoms with E-state index >= 15 is 0 Å². The first kappa shape index (κ1) is 14.8. The Morgan fingerprint density at radius 3 is 2.83 bits per heavy atom. The van der Waals surface area contributed by atoms with Gasteiger partial charge in [0.25, 0.3) is 5.91 Å². The Kier molecular flexibility index (Phi) is 3.72. The van der Waals surface area contributed by atoms with Gasteiger partial charge in [0, 0.05) is 42.4 Å². The van der Waals surface area contributed by atoms with Crippen LogP contribution in [-0.4, -0.2) is 39.0 Å². The van der Waals surface area contributed by atoms with Crippen molar-refractivity contribution in [2.45, 2.75) is 25.7 Å². The molecule has 1 saturated heterocycles. The third-order valence-electron chi connectivity index (χ3n) is 4.53. The van der Waals surface area contributed by atoms with E-state index in [9.17, 15) is 4.79 Å². The van der Waals surface area contributed by atoms with E-state index in [-0.39, 0.29) is 5.91 Å². The quantitative estimate of drug-likeness (QED) is 0.725. The van der Waals surface area contributed by atoms with Gasteiger partial charge in [-0.3, -0.25) is 4.79 Å². The van der Waals surface area contributed by atoms with Crippen molar-refractivity contribution in [2.75, 3.05) is 13.1 Å². The van der Waals surface area contributed by atoms with Crippen molar-refractivity contribution >= 4 is 16.9 Å². The summed E-state index contributed by atoms with van der Waals surface area (Å²) >= 11 is 0. The molecule has 0 unspecified atom stereocenters. The Morgan fingerprint density at radius 2 is 2.08 bits per heavy atom. The zero-order valence-electron chi connectivity index (χ0n) is 13.5. The molecule has 0 atom stereocenters. The highest BCUT2D eigenvalue weighted by atomic mass is 16.5. The van der Waals surface area contributed by atoms with Crippen molar-refractivity contribution in [3.05, 3.63) is 53.7 Å². The molecular formula is C18H18N4O2. The number of aromatic nitrogens is 3. The molecule has 1 amide bonds. The van der Waals surface area contributed by atoms with Gasteiger partial charge in [-0.25, -0.2) is 9.97 Å². The molecule has 6 heteroatoms. The average Bonchev–Trinajstić information content (AvgIpc) is 3.07. The van der Waals surface area contributed by atoms with Gasteiger partial charge in [-0.1, -0.05) is 5.16 Å². The average molecular weight is 322 g/mol. The third-order valence-corrected chi connectivity index (χ3v) is 4.53. The van der Waals surface area contributed by atoms with E-state index in [2.05, 4.69) is 27.3 Å². The fourth-order valence-electron chi connectivity index (χ4n) is 3.20. The molecule has 0 N–H and O–H groups in total. The van der Waals surface area contributed by atoms with Crippen molar-refractivity contribution in [3.63, 3.8) is 0 Å². The summed E-state index contributed by atoms with van der Waals surface area (Å²) in [7, 11) is 0. The summed E-state index contributed by atoms with van der Waals surface area (Å²) < 4.78 is 4.99. The first-order valence-corrected chi connectivity index (χ1v) is 8.15. The highest BCUT2D eigenvalue weighted by Crippen LogP contribution is 2.28. The Balaban J connectivity index is 1.46. The lowest BCUT2D eigenvalue weighted by molar-refractivity contribution is 0.0701. The Bertz CT molecular complexity index is 881. The second kappa shape index (κ2) is 6.03. The zero-order chi connectivity index (χ0) is 16.5. The van der Waals surface area contributed by atoms with Crippen molar-refractivity contribution in [2.24, 2.45) is 0 Å². The van der Waals surface area contributed by atoms with Crippen LogP contribution in [-0.2, 0) is 0 Å². The molecule has 6 nitrogen and oxygen atoms in total. The van der Waals surface area contributed by atoms with Gasteiger partial charge in [0.2, 0.25) is 0 Å². The minimum absolute atomic E-state index is 0.0570. The molecule has 1 aliphatic rings. The van der Waals surface area contributed by atoms with Gasteiger partial charge in [-0.15, -0.1) is 0 Å². The second-order valence-electron chi connectivity index (χ2n) is 6.18. The van der Waals surface area contributed by atoms with Crippen molar-refractivity contribution in [1.82, 2.24) is 20.0 Å². The van der Waals surface area contributed by atoms with Gasteiger partial charge < -0.3 is 9.42 Å². The Labute approximate surface area is 139 Å². The van der Waals surface area contributed by atoms with E-state index in [4.69, 9.17) is 4.52 Å².